The number of hydrogen-bond donors (Lipinski definition) is 0. The van der Waals surface area contributed by atoms with Gasteiger partial charge in [-0.2, -0.15) is 0 Å². The summed E-state index contributed by atoms with van der Waals surface area (Å²) in [6.07, 6.45) is 1.80. The van der Waals surface area contributed by atoms with Crippen molar-refractivity contribution in [1.29, 1.82) is 0 Å². The van der Waals surface area contributed by atoms with Crippen molar-refractivity contribution >= 4 is 0 Å². The second-order valence-corrected chi connectivity index (χ2v) is 5.92. The van der Waals surface area contributed by atoms with E-state index in [2.05, 4.69) is 52.0 Å². The number of benzene rings is 2. The van der Waals surface area contributed by atoms with Crippen molar-refractivity contribution in [2.45, 2.75) is 40.5 Å². The lowest BCUT2D eigenvalue weighted by molar-refractivity contribution is 0.401. The lowest BCUT2D eigenvalue weighted by Crippen LogP contribution is -2.02. The highest BCUT2D eigenvalue weighted by Crippen LogP contribution is 2.32. The molecule has 0 atom stereocenters. The van der Waals surface area contributed by atoms with Crippen LogP contribution in [0.15, 0.2) is 24.3 Å². The zero-order valence-corrected chi connectivity index (χ0v) is 14.5. The van der Waals surface area contributed by atoms with Gasteiger partial charge in [0, 0.05) is 6.42 Å². The van der Waals surface area contributed by atoms with Crippen LogP contribution in [0.5, 0.6) is 11.5 Å². The Morgan fingerprint density at radius 2 is 1.23 bits per heavy atom. The Hall–Kier alpha value is -1.96. The third kappa shape index (κ3) is 3.27. The van der Waals surface area contributed by atoms with Gasteiger partial charge >= 0.3 is 0 Å². The van der Waals surface area contributed by atoms with Gasteiger partial charge in [0.05, 0.1) is 14.2 Å². The van der Waals surface area contributed by atoms with Gasteiger partial charge in [0.25, 0.3) is 0 Å². The van der Waals surface area contributed by atoms with E-state index in [9.17, 15) is 0 Å². The van der Waals surface area contributed by atoms with E-state index in [-0.39, 0.29) is 0 Å². The molecule has 2 heteroatoms. The first kappa shape index (κ1) is 16.4. The molecular formula is C20H26O2. The smallest absolute Gasteiger partial charge is 0.125 e. The number of methoxy groups -OCH3 is 2. The predicted molar refractivity (Wildman–Crippen MR) is 92.4 cm³/mol. The van der Waals surface area contributed by atoms with Crippen LogP contribution >= 0.6 is 0 Å². The largest absolute Gasteiger partial charge is 0.496 e. The molecule has 118 valence electrons. The van der Waals surface area contributed by atoms with Gasteiger partial charge in [0.1, 0.15) is 11.5 Å². The second-order valence-electron chi connectivity index (χ2n) is 5.92. The Kier molecular flexibility index (Phi) is 5.12. The molecular weight excluding hydrogens is 272 g/mol. The van der Waals surface area contributed by atoms with Crippen molar-refractivity contribution in [3.8, 4) is 11.5 Å². The van der Waals surface area contributed by atoms with Gasteiger partial charge in [-0.05, 0) is 49.4 Å². The third-order valence-corrected chi connectivity index (χ3v) is 4.05. The highest BCUT2D eigenvalue weighted by Gasteiger charge is 2.14. The molecule has 0 unspecified atom stereocenters. The summed E-state index contributed by atoms with van der Waals surface area (Å²) in [6.45, 7) is 8.53. The van der Waals surface area contributed by atoms with Crippen molar-refractivity contribution in [3.63, 3.8) is 0 Å². The molecule has 2 aromatic carbocycles. The number of hydrogen-bond acceptors (Lipinski definition) is 2. The van der Waals surface area contributed by atoms with E-state index in [1.165, 1.54) is 33.4 Å². The Morgan fingerprint density at radius 3 is 1.77 bits per heavy atom. The van der Waals surface area contributed by atoms with Crippen LogP contribution in [0.1, 0.15) is 40.3 Å². The first-order valence-corrected chi connectivity index (χ1v) is 7.80. The third-order valence-electron chi connectivity index (χ3n) is 4.05. The van der Waals surface area contributed by atoms with Crippen molar-refractivity contribution in [2.24, 2.45) is 0 Å². The van der Waals surface area contributed by atoms with Crippen LogP contribution in [0.25, 0.3) is 0 Å². The van der Waals surface area contributed by atoms with Crippen LogP contribution in [-0.2, 0) is 12.8 Å². The summed E-state index contributed by atoms with van der Waals surface area (Å²) in [5.74, 6) is 1.99. The van der Waals surface area contributed by atoms with E-state index in [4.69, 9.17) is 9.47 Å². The maximum atomic E-state index is 5.69. The van der Waals surface area contributed by atoms with E-state index in [0.717, 1.165) is 24.3 Å². The molecule has 0 bridgehead atoms. The summed E-state index contributed by atoms with van der Waals surface area (Å²) in [7, 11) is 3.50. The van der Waals surface area contributed by atoms with Gasteiger partial charge in [0.15, 0.2) is 0 Å². The topological polar surface area (TPSA) is 18.5 Å². The fourth-order valence-corrected chi connectivity index (χ4v) is 3.26. The molecule has 2 rings (SSSR count). The summed E-state index contributed by atoms with van der Waals surface area (Å²) in [5, 5.41) is 0. The SMILES string of the molecule is CCc1cc(C)cc(Cc2cc(C)cc(C)c2OC)c1OC. The van der Waals surface area contributed by atoms with Crippen LogP contribution < -0.4 is 9.47 Å². The fourth-order valence-electron chi connectivity index (χ4n) is 3.26. The lowest BCUT2D eigenvalue weighted by atomic mass is 9.95. The van der Waals surface area contributed by atoms with E-state index >= 15 is 0 Å². The highest BCUT2D eigenvalue weighted by atomic mass is 16.5. The van der Waals surface area contributed by atoms with E-state index in [0.29, 0.717) is 0 Å². The Morgan fingerprint density at radius 1 is 0.727 bits per heavy atom. The molecule has 0 saturated heterocycles. The monoisotopic (exact) mass is 298 g/mol. The summed E-state index contributed by atoms with van der Waals surface area (Å²) in [4.78, 5) is 0. The van der Waals surface area contributed by atoms with Gasteiger partial charge in [-0.25, -0.2) is 0 Å². The van der Waals surface area contributed by atoms with Crippen LogP contribution in [-0.4, -0.2) is 14.2 Å². The molecule has 0 aliphatic heterocycles. The van der Waals surface area contributed by atoms with Crippen molar-refractivity contribution in [2.75, 3.05) is 14.2 Å². The maximum absolute atomic E-state index is 5.69. The fraction of sp³-hybridized carbons (Fsp3) is 0.400. The Balaban J connectivity index is 2.54. The molecule has 0 spiro atoms. The predicted octanol–water partition coefficient (Wildman–Crippen LogP) is 4.78. The molecule has 22 heavy (non-hydrogen) atoms. The van der Waals surface area contributed by atoms with Crippen LogP contribution in [0.3, 0.4) is 0 Å². The van der Waals surface area contributed by atoms with E-state index in [1.807, 2.05) is 0 Å². The molecule has 0 amide bonds. The second kappa shape index (κ2) is 6.87. The minimum Gasteiger partial charge on any atom is -0.496 e. The summed E-state index contributed by atoms with van der Waals surface area (Å²) < 4.78 is 11.3. The molecule has 0 aliphatic rings. The highest BCUT2D eigenvalue weighted by molar-refractivity contribution is 5.51. The summed E-state index contributed by atoms with van der Waals surface area (Å²) >= 11 is 0. The van der Waals surface area contributed by atoms with E-state index < -0.39 is 0 Å². The van der Waals surface area contributed by atoms with Gasteiger partial charge < -0.3 is 9.47 Å². The number of ether oxygens (including phenoxy) is 2. The average molecular weight is 298 g/mol. The maximum Gasteiger partial charge on any atom is 0.125 e. The number of rotatable bonds is 5. The van der Waals surface area contributed by atoms with E-state index in [1.54, 1.807) is 14.2 Å². The first-order chi connectivity index (χ1) is 10.5. The molecule has 0 N–H and O–H groups in total. The van der Waals surface area contributed by atoms with Crippen molar-refractivity contribution in [3.05, 3.63) is 57.6 Å². The quantitative estimate of drug-likeness (QED) is 0.790. The van der Waals surface area contributed by atoms with Gasteiger partial charge in [0.2, 0.25) is 0 Å². The van der Waals surface area contributed by atoms with Crippen molar-refractivity contribution < 1.29 is 9.47 Å². The van der Waals surface area contributed by atoms with Crippen LogP contribution in [0.4, 0.5) is 0 Å². The van der Waals surface area contributed by atoms with Crippen molar-refractivity contribution in [1.82, 2.24) is 0 Å². The van der Waals surface area contributed by atoms with Crippen LogP contribution in [0.2, 0.25) is 0 Å². The minimum atomic E-state index is 0.823. The normalized spacial score (nSPS) is 10.6. The standard InChI is InChI=1S/C20H26O2/c1-7-16-9-14(3)11-18(20(16)22-6)12-17-10-13(2)8-15(4)19(17)21-5/h8-11H,7,12H2,1-6H3. The summed E-state index contributed by atoms with van der Waals surface area (Å²) in [6, 6.07) is 8.79. The van der Waals surface area contributed by atoms with Gasteiger partial charge in [-0.3, -0.25) is 0 Å². The molecule has 0 fully saturated rings. The number of aryl methyl sites for hydroxylation is 4. The van der Waals surface area contributed by atoms with Crippen LogP contribution in [0, 0.1) is 20.8 Å². The van der Waals surface area contributed by atoms with Gasteiger partial charge in [-0.1, -0.05) is 42.3 Å². The zero-order valence-electron chi connectivity index (χ0n) is 14.5. The Bertz CT molecular complexity index is 672. The first-order valence-electron chi connectivity index (χ1n) is 7.80. The minimum absolute atomic E-state index is 0.823. The lowest BCUT2D eigenvalue weighted by Gasteiger charge is -2.17. The zero-order chi connectivity index (χ0) is 16.3. The molecule has 0 heterocycles. The molecule has 2 nitrogen and oxygen atoms in total. The molecule has 0 aliphatic carbocycles. The molecule has 0 aromatic heterocycles. The summed E-state index contributed by atoms with van der Waals surface area (Å²) in [5.41, 5.74) is 7.42. The van der Waals surface area contributed by atoms with Gasteiger partial charge in [-0.15, -0.1) is 0 Å². The average Bonchev–Trinajstić information content (AvgIpc) is 2.46. The molecule has 2 aromatic rings. The molecule has 0 radical (unpaired) electrons. The Labute approximate surface area is 134 Å². The molecule has 0 saturated carbocycles.